The van der Waals surface area contributed by atoms with E-state index in [0.717, 1.165) is 29.4 Å². The van der Waals surface area contributed by atoms with Crippen LogP contribution < -0.4 is 43.7 Å². The summed E-state index contributed by atoms with van der Waals surface area (Å²) in [6.45, 7) is 0. The minimum Gasteiger partial charge on any atom is -1.00 e. The molecule has 0 aliphatic heterocycles. The molecule has 0 amide bonds. The van der Waals surface area contributed by atoms with Crippen molar-refractivity contribution in [3.8, 4) is 68.2 Å². The number of hydrogen-bond donors (Lipinski definition) is 1. The van der Waals surface area contributed by atoms with Gasteiger partial charge in [-0.15, -0.1) is 0 Å². The fourth-order valence-electron chi connectivity index (χ4n) is 6.12. The van der Waals surface area contributed by atoms with Crippen LogP contribution in [0.1, 0.15) is 0 Å². The molecule has 8 rings (SSSR count). The predicted molar refractivity (Wildman–Crippen MR) is 214 cm³/mol. The zero-order valence-electron chi connectivity index (χ0n) is 32.5. The number of nitrogens with zero attached hydrogens (tertiary/aromatic N) is 10. The third-order valence-corrected chi connectivity index (χ3v) is 8.93. The van der Waals surface area contributed by atoms with Crippen LogP contribution >= 0.6 is 0 Å². The van der Waals surface area contributed by atoms with Crippen LogP contribution in [0.25, 0.3) is 56.7 Å². The Morgan fingerprint density at radius 2 is 0.869 bits per heavy atom. The maximum Gasteiger partial charge on any atom is 0.335 e. The van der Waals surface area contributed by atoms with Gasteiger partial charge in [0.05, 0.1) is 55.8 Å². The third kappa shape index (κ3) is 9.48. The third-order valence-electron chi connectivity index (χ3n) is 8.93. The van der Waals surface area contributed by atoms with Crippen LogP contribution in [0.15, 0.2) is 146 Å². The van der Waals surface area contributed by atoms with Crippen molar-refractivity contribution in [2.24, 2.45) is 0 Å². The summed E-state index contributed by atoms with van der Waals surface area (Å²) in [5.74, 6) is 2.01. The van der Waals surface area contributed by atoms with Gasteiger partial charge in [-0.2, -0.15) is 0 Å². The lowest BCUT2D eigenvalue weighted by Crippen LogP contribution is -3.00. The van der Waals surface area contributed by atoms with Gasteiger partial charge in [0.2, 0.25) is 11.4 Å². The zero-order chi connectivity index (χ0) is 40.8. The summed E-state index contributed by atoms with van der Waals surface area (Å²) in [4.78, 5) is 24.6. The normalized spacial score (nSPS) is 10.2. The molecule has 6 aromatic carbocycles. The second-order valence-electron chi connectivity index (χ2n) is 12.3. The van der Waals surface area contributed by atoms with Crippen LogP contribution in [0.4, 0.5) is 11.4 Å². The summed E-state index contributed by atoms with van der Waals surface area (Å²) >= 11 is 0. The van der Waals surface area contributed by atoms with E-state index in [1.165, 1.54) is 33.9 Å². The van der Waals surface area contributed by atoms with Crippen molar-refractivity contribution in [3.05, 3.63) is 166 Å². The molecule has 0 aliphatic rings. The summed E-state index contributed by atoms with van der Waals surface area (Å²) in [6.07, 6.45) is 0. The van der Waals surface area contributed by atoms with Crippen LogP contribution in [-0.2, 0) is 0 Å². The molecule has 20 heteroatoms. The van der Waals surface area contributed by atoms with Gasteiger partial charge in [0.1, 0.15) is 11.4 Å². The molecule has 0 radical (unpaired) electrons. The summed E-state index contributed by atoms with van der Waals surface area (Å²) in [7, 11) is 4.12. The maximum atomic E-state index is 11.3. The Morgan fingerprint density at radius 3 is 1.18 bits per heavy atom. The highest BCUT2D eigenvalue weighted by molar-refractivity contribution is 5.71. The summed E-state index contributed by atoms with van der Waals surface area (Å²) in [6, 6.07) is 42.4. The first-order valence-electron chi connectivity index (χ1n) is 17.5. The molecule has 312 valence electrons. The minimum absolute atomic E-state index is 0. The number of aliphatic hydroxyl groups excluding tert-OH is 1. The van der Waals surface area contributed by atoms with Crippen LogP contribution in [-0.4, -0.2) is 72.0 Å². The SMILES string of the molecule is CO.COc1cc(-c2ccc(-n3nc(-c4ccccc4)[n+](-c4ccc([N+](=O)[O-])cc4)n3)c(OC)c2)ccc1-n1nc(-c2ccccc2)[n+](-c2ccc([N+](=O)[O-])cc2)n1.O.[Cl-].[Cl-]. The van der Waals surface area contributed by atoms with E-state index in [1.807, 2.05) is 97.1 Å². The number of non-ortho nitro benzene ring substituents is 2. The van der Waals surface area contributed by atoms with E-state index in [4.69, 9.17) is 35.2 Å². The molecule has 0 bridgehead atoms. The molecule has 0 spiro atoms. The second-order valence-corrected chi connectivity index (χ2v) is 12.3. The van der Waals surface area contributed by atoms with E-state index in [1.54, 1.807) is 47.8 Å². The van der Waals surface area contributed by atoms with Crippen LogP contribution in [0.2, 0.25) is 0 Å². The number of tetrazole rings is 2. The lowest BCUT2D eigenvalue weighted by atomic mass is 10.0. The summed E-state index contributed by atoms with van der Waals surface area (Å²) < 4.78 is 14.9. The van der Waals surface area contributed by atoms with Crippen molar-refractivity contribution in [1.29, 1.82) is 0 Å². The number of benzene rings is 6. The molecule has 8 aromatic rings. The van der Waals surface area contributed by atoms with Crippen molar-refractivity contribution >= 4 is 11.4 Å². The van der Waals surface area contributed by atoms with Crippen LogP contribution in [0, 0.1) is 20.2 Å². The number of nitro benzene ring substituents is 2. The second kappa shape index (κ2) is 20.4. The molecule has 0 fully saturated rings. The van der Waals surface area contributed by atoms with Gasteiger partial charge in [-0.05, 0) is 83.9 Å². The molecule has 61 heavy (non-hydrogen) atoms. The highest BCUT2D eigenvalue weighted by Crippen LogP contribution is 2.34. The Kier molecular flexibility index (Phi) is 15.4. The molecule has 2 heterocycles. The van der Waals surface area contributed by atoms with Crippen molar-refractivity contribution in [2.75, 3.05) is 21.3 Å². The Balaban J connectivity index is 0.00000161. The smallest absolute Gasteiger partial charge is 0.335 e. The maximum absolute atomic E-state index is 11.3. The monoisotopic (exact) mass is 866 g/mol. The number of hydrogen-bond acceptors (Lipinski definition) is 11. The van der Waals surface area contributed by atoms with Gasteiger partial charge in [-0.25, -0.2) is 0 Å². The minimum atomic E-state index is -0.450. The Morgan fingerprint density at radius 1 is 0.525 bits per heavy atom. The van der Waals surface area contributed by atoms with Crippen molar-refractivity contribution in [2.45, 2.75) is 0 Å². The van der Waals surface area contributed by atoms with Gasteiger partial charge in [0.25, 0.3) is 11.4 Å². The lowest BCUT2D eigenvalue weighted by molar-refractivity contribution is -0.651. The van der Waals surface area contributed by atoms with Crippen LogP contribution in [0.5, 0.6) is 11.5 Å². The number of halogens is 2. The fraction of sp³-hybridized carbons (Fsp3) is 0.0732. The first kappa shape index (κ1) is 46.1. The molecule has 0 unspecified atom stereocenters. The predicted octanol–water partition coefficient (Wildman–Crippen LogP) is -0.972. The van der Waals surface area contributed by atoms with Gasteiger partial charge in [0, 0.05) is 41.0 Å². The molecule has 2 aromatic heterocycles. The Bertz CT molecular complexity index is 2550. The number of nitro groups is 2. The van der Waals surface area contributed by atoms with Gasteiger partial charge in [-0.3, -0.25) is 20.2 Å². The topological polar surface area (TPSA) is 226 Å². The Labute approximate surface area is 359 Å². The van der Waals surface area contributed by atoms with E-state index in [2.05, 4.69) is 0 Å². The van der Waals surface area contributed by atoms with Crippen LogP contribution in [0.3, 0.4) is 0 Å². The average molecular weight is 868 g/mol. The molecular weight excluding hydrogens is 831 g/mol. The largest absolute Gasteiger partial charge is 1.00 e. The Hall–Kier alpha value is -7.64. The van der Waals surface area contributed by atoms with Crippen molar-refractivity contribution < 1.29 is 64.1 Å². The zero-order valence-corrected chi connectivity index (χ0v) is 34.0. The highest BCUT2D eigenvalue weighted by Gasteiger charge is 2.28. The van der Waals surface area contributed by atoms with E-state index in [0.29, 0.717) is 45.9 Å². The van der Waals surface area contributed by atoms with Crippen molar-refractivity contribution in [3.63, 3.8) is 0 Å². The molecule has 0 atom stereocenters. The molecule has 0 saturated carbocycles. The van der Waals surface area contributed by atoms with E-state index >= 15 is 0 Å². The molecule has 0 saturated heterocycles. The summed E-state index contributed by atoms with van der Waals surface area (Å²) in [5.41, 5.74) is 5.43. The number of aliphatic hydroxyl groups is 1. The van der Waals surface area contributed by atoms with E-state index in [9.17, 15) is 20.2 Å². The van der Waals surface area contributed by atoms with Gasteiger partial charge >= 0.3 is 11.6 Å². The standard InChI is InChI=1S/C40H30N10O6.CH4O.2ClH.H2O/c1-55-37-25-29(13-23-35(37)47-41-39(27-9-5-3-6-10-27)45(43-47)31-15-19-33(20-16-31)49(51)52)30-14-24-36(38(26-30)56-2)48-42-40(28-11-7-4-8-12-28)46(44-48)32-17-21-34(22-18-32)50(53)54;1-2;;;/h3-26H,1-2H3;2H,1H3;2*1H;1H2/q+2;;;;/p-2. The molecular formula is C41H36Cl2N10O8. The van der Waals surface area contributed by atoms with Gasteiger partial charge in [0.15, 0.2) is 11.5 Å². The first-order valence-corrected chi connectivity index (χ1v) is 17.5. The average Bonchev–Trinajstić information content (AvgIpc) is 3.94. The number of rotatable bonds is 11. The highest BCUT2D eigenvalue weighted by atomic mass is 35.5. The fourth-order valence-corrected chi connectivity index (χ4v) is 6.12. The van der Waals surface area contributed by atoms with Gasteiger partial charge < -0.3 is 44.9 Å². The van der Waals surface area contributed by atoms with Crippen molar-refractivity contribution in [1.82, 2.24) is 30.2 Å². The van der Waals surface area contributed by atoms with Gasteiger partial charge in [-0.1, -0.05) is 57.9 Å². The molecule has 0 aliphatic carbocycles. The lowest BCUT2D eigenvalue weighted by Gasteiger charge is -2.09. The first-order chi connectivity index (χ1) is 28.3. The number of methoxy groups -OCH3 is 2. The number of ether oxygens (including phenoxy) is 2. The summed E-state index contributed by atoms with van der Waals surface area (Å²) in [5, 5.41) is 48.8. The molecule has 18 nitrogen and oxygen atoms in total. The quantitative estimate of drug-likeness (QED) is 0.0946. The number of aromatic nitrogens is 8. The molecule has 3 N–H and O–H groups in total. The van der Waals surface area contributed by atoms with E-state index in [-0.39, 0.29) is 41.7 Å². The van der Waals surface area contributed by atoms with E-state index < -0.39 is 9.85 Å².